The van der Waals surface area contributed by atoms with Gasteiger partial charge >= 0.3 is 0 Å². The third-order valence-corrected chi connectivity index (χ3v) is 4.10. The zero-order chi connectivity index (χ0) is 14.5. The molecule has 0 amide bonds. The third-order valence-electron chi connectivity index (χ3n) is 4.10. The molecule has 3 rings (SSSR count). The summed E-state index contributed by atoms with van der Waals surface area (Å²) in [5.74, 6) is 0. The van der Waals surface area contributed by atoms with Crippen LogP contribution in [0.15, 0.2) is 36.4 Å². The highest BCUT2D eigenvalue weighted by Gasteiger charge is 2.18. The minimum absolute atomic E-state index is 0.195. The number of hydrogen-bond acceptors (Lipinski definition) is 4. The summed E-state index contributed by atoms with van der Waals surface area (Å²) in [6.07, 6.45) is 2.49. The van der Waals surface area contributed by atoms with Crippen LogP contribution in [0.25, 0.3) is 10.9 Å². The van der Waals surface area contributed by atoms with Crippen molar-refractivity contribution in [1.29, 1.82) is 0 Å². The molecule has 1 atom stereocenters. The number of para-hydroxylation sites is 1. The van der Waals surface area contributed by atoms with Gasteiger partial charge < -0.3 is 10.4 Å². The van der Waals surface area contributed by atoms with Crippen molar-refractivity contribution in [2.45, 2.75) is 25.4 Å². The molecule has 1 saturated heterocycles. The number of nitrogens with zero attached hydrogens (tertiary/aromatic N) is 2. The molecule has 0 bridgehead atoms. The summed E-state index contributed by atoms with van der Waals surface area (Å²) in [7, 11) is 0. The van der Waals surface area contributed by atoms with Crippen LogP contribution in [0.4, 0.5) is 0 Å². The number of aliphatic hydroxyl groups is 1. The minimum Gasteiger partial charge on any atom is -0.395 e. The number of hydrogen-bond donors (Lipinski definition) is 2. The lowest BCUT2D eigenvalue weighted by Gasteiger charge is -2.24. The topological polar surface area (TPSA) is 48.4 Å². The second-order valence-electron chi connectivity index (χ2n) is 5.75. The molecule has 1 fully saturated rings. The number of aromatic nitrogens is 1. The number of aliphatic hydroxyl groups excluding tert-OH is 1. The van der Waals surface area contributed by atoms with Gasteiger partial charge in [0.1, 0.15) is 0 Å². The largest absolute Gasteiger partial charge is 0.395 e. The first-order valence-electron chi connectivity index (χ1n) is 7.76. The monoisotopic (exact) mass is 285 g/mol. The Balaban J connectivity index is 1.70. The number of pyridine rings is 1. The van der Waals surface area contributed by atoms with Gasteiger partial charge in [0.2, 0.25) is 0 Å². The molecule has 0 saturated carbocycles. The minimum atomic E-state index is 0.195. The number of rotatable bonds is 6. The van der Waals surface area contributed by atoms with Crippen LogP contribution in [-0.4, -0.2) is 47.3 Å². The van der Waals surface area contributed by atoms with Crippen molar-refractivity contribution >= 4 is 10.9 Å². The summed E-state index contributed by atoms with van der Waals surface area (Å²) >= 11 is 0. The van der Waals surface area contributed by atoms with Crippen molar-refractivity contribution in [3.05, 3.63) is 42.1 Å². The molecular formula is C17H23N3O. The van der Waals surface area contributed by atoms with Crippen LogP contribution < -0.4 is 5.32 Å². The first-order valence-corrected chi connectivity index (χ1v) is 7.76. The normalized spacial score (nSPS) is 18.7. The van der Waals surface area contributed by atoms with E-state index in [1.54, 1.807) is 0 Å². The Hall–Kier alpha value is -1.49. The highest BCUT2D eigenvalue weighted by atomic mass is 16.3. The van der Waals surface area contributed by atoms with E-state index in [4.69, 9.17) is 4.98 Å². The fourth-order valence-electron chi connectivity index (χ4n) is 3.03. The Kier molecular flexibility index (Phi) is 4.80. The van der Waals surface area contributed by atoms with Crippen LogP contribution in [0.1, 0.15) is 18.5 Å². The fourth-order valence-corrected chi connectivity index (χ4v) is 3.03. The van der Waals surface area contributed by atoms with Crippen molar-refractivity contribution < 1.29 is 5.11 Å². The molecular weight excluding hydrogens is 262 g/mol. The maximum atomic E-state index is 9.28. The lowest BCUT2D eigenvalue weighted by Crippen LogP contribution is -2.38. The summed E-state index contributed by atoms with van der Waals surface area (Å²) < 4.78 is 0. The van der Waals surface area contributed by atoms with Crippen molar-refractivity contribution in [1.82, 2.24) is 15.2 Å². The molecule has 2 heterocycles. The first-order chi connectivity index (χ1) is 10.3. The van der Waals surface area contributed by atoms with Gasteiger partial charge in [0.05, 0.1) is 17.8 Å². The van der Waals surface area contributed by atoms with E-state index in [0.29, 0.717) is 12.6 Å². The van der Waals surface area contributed by atoms with Crippen LogP contribution in [0.2, 0.25) is 0 Å². The van der Waals surface area contributed by atoms with Crippen molar-refractivity contribution in [2.75, 3.05) is 26.2 Å². The quantitative estimate of drug-likeness (QED) is 0.849. The summed E-state index contributed by atoms with van der Waals surface area (Å²) in [4.78, 5) is 7.02. The summed E-state index contributed by atoms with van der Waals surface area (Å²) in [5.41, 5.74) is 2.11. The van der Waals surface area contributed by atoms with Crippen LogP contribution in [0, 0.1) is 0 Å². The van der Waals surface area contributed by atoms with Crippen LogP contribution in [0.5, 0.6) is 0 Å². The summed E-state index contributed by atoms with van der Waals surface area (Å²) in [6.45, 7) is 3.79. The molecule has 1 aromatic carbocycles. The molecule has 0 radical (unpaired) electrons. The van der Waals surface area contributed by atoms with E-state index in [1.165, 1.54) is 18.2 Å². The molecule has 21 heavy (non-hydrogen) atoms. The van der Waals surface area contributed by atoms with E-state index < -0.39 is 0 Å². The van der Waals surface area contributed by atoms with E-state index in [-0.39, 0.29) is 6.61 Å². The van der Waals surface area contributed by atoms with Crippen molar-refractivity contribution in [3.8, 4) is 0 Å². The van der Waals surface area contributed by atoms with Gasteiger partial charge in [-0.1, -0.05) is 24.3 Å². The first kappa shape index (κ1) is 14.4. The highest BCUT2D eigenvalue weighted by molar-refractivity contribution is 5.78. The van der Waals surface area contributed by atoms with E-state index in [1.807, 2.05) is 18.2 Å². The molecule has 1 unspecified atom stereocenters. The predicted octanol–water partition coefficient (Wildman–Crippen LogP) is 1.78. The van der Waals surface area contributed by atoms with Crippen molar-refractivity contribution in [3.63, 3.8) is 0 Å². The summed E-state index contributed by atoms with van der Waals surface area (Å²) in [5, 5.41) is 14.0. The Labute approximate surface area is 125 Å². The molecule has 112 valence electrons. The molecule has 1 aliphatic heterocycles. The van der Waals surface area contributed by atoms with Gasteiger partial charge in [-0.25, -0.2) is 0 Å². The molecule has 1 aliphatic rings. The Bertz CT molecular complexity index is 581. The molecule has 0 aliphatic carbocycles. The average molecular weight is 285 g/mol. The van der Waals surface area contributed by atoms with Crippen LogP contribution in [-0.2, 0) is 6.54 Å². The number of fused-ring (bicyclic) bond motifs is 1. The van der Waals surface area contributed by atoms with Gasteiger partial charge in [0.15, 0.2) is 0 Å². The maximum Gasteiger partial charge on any atom is 0.0705 e. The Morgan fingerprint density at radius 2 is 2.14 bits per heavy atom. The standard InChI is InChI=1S/C17H23N3O/c21-11-10-20(12-15-5-3-9-18-15)13-16-8-7-14-4-1-2-6-17(14)19-16/h1-2,4,6-8,15,18,21H,3,5,9-13H2. The van der Waals surface area contributed by atoms with E-state index in [0.717, 1.165) is 30.8 Å². The zero-order valence-corrected chi connectivity index (χ0v) is 12.3. The molecule has 0 spiro atoms. The van der Waals surface area contributed by atoms with Crippen LogP contribution in [0.3, 0.4) is 0 Å². The smallest absolute Gasteiger partial charge is 0.0705 e. The highest BCUT2D eigenvalue weighted by Crippen LogP contribution is 2.14. The molecule has 2 N–H and O–H groups in total. The molecule has 2 aromatic rings. The SMILES string of the molecule is OCCN(Cc1ccc2ccccc2n1)CC1CCCN1. The maximum absolute atomic E-state index is 9.28. The van der Waals surface area contributed by atoms with Crippen molar-refractivity contribution in [2.24, 2.45) is 0 Å². The van der Waals surface area contributed by atoms with Gasteiger partial charge in [-0.15, -0.1) is 0 Å². The summed E-state index contributed by atoms with van der Waals surface area (Å²) in [6, 6.07) is 13.0. The van der Waals surface area contributed by atoms with Gasteiger partial charge in [-0.3, -0.25) is 9.88 Å². The second kappa shape index (κ2) is 6.98. The number of benzene rings is 1. The lowest BCUT2D eigenvalue weighted by atomic mass is 10.2. The Morgan fingerprint density at radius 3 is 2.95 bits per heavy atom. The fraction of sp³-hybridized carbons (Fsp3) is 0.471. The molecule has 4 heteroatoms. The third kappa shape index (κ3) is 3.79. The molecule has 4 nitrogen and oxygen atoms in total. The van der Waals surface area contributed by atoms with E-state index in [9.17, 15) is 5.11 Å². The van der Waals surface area contributed by atoms with Crippen LogP contribution >= 0.6 is 0 Å². The second-order valence-corrected chi connectivity index (χ2v) is 5.75. The van der Waals surface area contributed by atoms with E-state index in [2.05, 4.69) is 28.4 Å². The van der Waals surface area contributed by atoms with Gasteiger partial charge in [-0.2, -0.15) is 0 Å². The van der Waals surface area contributed by atoms with E-state index >= 15 is 0 Å². The van der Waals surface area contributed by atoms with Gasteiger partial charge in [0.25, 0.3) is 0 Å². The number of nitrogens with one attached hydrogen (secondary N) is 1. The molecule has 1 aromatic heterocycles. The Morgan fingerprint density at radius 1 is 1.24 bits per heavy atom. The van der Waals surface area contributed by atoms with Gasteiger partial charge in [0, 0.05) is 31.1 Å². The average Bonchev–Trinajstić information content (AvgIpc) is 3.00. The zero-order valence-electron chi connectivity index (χ0n) is 12.3. The lowest BCUT2D eigenvalue weighted by molar-refractivity contribution is 0.178. The van der Waals surface area contributed by atoms with Gasteiger partial charge in [-0.05, 0) is 31.5 Å². The predicted molar refractivity (Wildman–Crippen MR) is 85.1 cm³/mol.